The molecule has 0 bridgehead atoms. The summed E-state index contributed by atoms with van der Waals surface area (Å²) < 4.78 is 11.3. The summed E-state index contributed by atoms with van der Waals surface area (Å²) in [6, 6.07) is 27.7. The Hall–Kier alpha value is -4.36. The lowest BCUT2D eigenvalue weighted by Gasteiger charge is -2.30. The standard InChI is InChI=1S/C29H24N2O5/c1-34-23-17-9-15-21(26(23)35-2)25-24-27(36-31(25)19-12-4-3-5-13-19)29(33)30(28(24)32)22-16-8-11-18-10-6-7-14-20(18)22/h3-17,24-25,27H,1-2H3/t24-,25+,27+/m1/s1. The summed E-state index contributed by atoms with van der Waals surface area (Å²) in [6.07, 6.45) is -0.974. The molecule has 7 nitrogen and oxygen atoms in total. The number of ether oxygens (including phenoxy) is 2. The SMILES string of the molecule is COc1cccc([C@H]2[C@H]3C(=O)N(c4cccc5ccccc45)C(=O)[C@H]3ON2c2ccccc2)c1OC. The molecule has 3 atom stereocenters. The zero-order valence-corrected chi connectivity index (χ0v) is 19.8. The number of imide groups is 1. The summed E-state index contributed by atoms with van der Waals surface area (Å²) >= 11 is 0. The molecule has 0 spiro atoms. The topological polar surface area (TPSA) is 68.3 Å². The van der Waals surface area contributed by atoms with Crippen LogP contribution in [0.25, 0.3) is 10.8 Å². The Morgan fingerprint density at radius 3 is 2.25 bits per heavy atom. The molecule has 2 fully saturated rings. The largest absolute Gasteiger partial charge is 0.493 e. The zero-order valence-electron chi connectivity index (χ0n) is 19.8. The van der Waals surface area contributed by atoms with E-state index in [2.05, 4.69) is 0 Å². The Bertz CT molecular complexity index is 1470. The van der Waals surface area contributed by atoms with E-state index >= 15 is 0 Å². The molecule has 2 saturated heterocycles. The zero-order chi connectivity index (χ0) is 24.8. The van der Waals surface area contributed by atoms with E-state index in [1.807, 2.05) is 78.9 Å². The fourth-order valence-electron chi connectivity index (χ4n) is 5.31. The van der Waals surface area contributed by atoms with Crippen LogP contribution in [0.4, 0.5) is 11.4 Å². The van der Waals surface area contributed by atoms with Crippen molar-refractivity contribution in [1.82, 2.24) is 0 Å². The van der Waals surface area contributed by atoms with E-state index in [0.717, 1.165) is 16.5 Å². The molecule has 2 heterocycles. The lowest BCUT2D eigenvalue weighted by atomic mass is 9.89. The normalized spacial score (nSPS) is 21.2. The third-order valence-corrected chi connectivity index (χ3v) is 6.89. The maximum Gasteiger partial charge on any atom is 0.266 e. The predicted octanol–water partition coefficient (Wildman–Crippen LogP) is 4.91. The molecule has 4 aromatic rings. The molecule has 6 rings (SSSR count). The third kappa shape index (κ3) is 3.24. The molecule has 2 aliphatic heterocycles. The Balaban J connectivity index is 1.50. The molecule has 0 aliphatic carbocycles. The van der Waals surface area contributed by atoms with Crippen LogP contribution in [0.2, 0.25) is 0 Å². The lowest BCUT2D eigenvalue weighted by Crippen LogP contribution is -2.37. The molecule has 0 unspecified atom stereocenters. The van der Waals surface area contributed by atoms with Gasteiger partial charge in [-0.25, -0.2) is 9.96 Å². The second-order valence-corrected chi connectivity index (χ2v) is 8.75. The number of hydrogen-bond acceptors (Lipinski definition) is 6. The molecule has 180 valence electrons. The van der Waals surface area contributed by atoms with Crippen LogP contribution in [0.15, 0.2) is 91.0 Å². The van der Waals surface area contributed by atoms with Crippen LogP contribution < -0.4 is 19.4 Å². The maximum absolute atomic E-state index is 14.1. The van der Waals surface area contributed by atoms with Crippen molar-refractivity contribution in [3.8, 4) is 11.5 Å². The lowest BCUT2D eigenvalue weighted by molar-refractivity contribution is -0.126. The van der Waals surface area contributed by atoms with Crippen LogP contribution in [-0.2, 0) is 14.4 Å². The highest BCUT2D eigenvalue weighted by Crippen LogP contribution is 2.51. The van der Waals surface area contributed by atoms with Gasteiger partial charge >= 0.3 is 0 Å². The smallest absolute Gasteiger partial charge is 0.266 e. The van der Waals surface area contributed by atoms with Crippen molar-refractivity contribution in [3.63, 3.8) is 0 Å². The van der Waals surface area contributed by atoms with Gasteiger partial charge in [-0.15, -0.1) is 0 Å². The van der Waals surface area contributed by atoms with Gasteiger partial charge in [0.05, 0.1) is 25.6 Å². The number of amides is 2. The molecule has 0 aromatic heterocycles. The van der Waals surface area contributed by atoms with E-state index in [1.165, 1.54) is 4.90 Å². The second-order valence-electron chi connectivity index (χ2n) is 8.75. The molecule has 36 heavy (non-hydrogen) atoms. The van der Waals surface area contributed by atoms with E-state index in [1.54, 1.807) is 31.4 Å². The van der Waals surface area contributed by atoms with Crippen molar-refractivity contribution in [2.75, 3.05) is 24.2 Å². The summed E-state index contributed by atoms with van der Waals surface area (Å²) in [5.74, 6) is -0.438. The van der Waals surface area contributed by atoms with Gasteiger partial charge in [-0.05, 0) is 29.7 Å². The average molecular weight is 481 g/mol. The second kappa shape index (κ2) is 8.70. The minimum Gasteiger partial charge on any atom is -0.493 e. The maximum atomic E-state index is 14.1. The highest BCUT2D eigenvalue weighted by molar-refractivity contribution is 6.26. The first-order valence-corrected chi connectivity index (χ1v) is 11.7. The number of carbonyl (C=O) groups excluding carboxylic acids is 2. The van der Waals surface area contributed by atoms with E-state index in [0.29, 0.717) is 22.7 Å². The van der Waals surface area contributed by atoms with Crippen LogP contribution in [0, 0.1) is 5.92 Å². The van der Waals surface area contributed by atoms with E-state index in [-0.39, 0.29) is 11.8 Å². The number of carbonyl (C=O) groups is 2. The van der Waals surface area contributed by atoms with Crippen molar-refractivity contribution in [3.05, 3.63) is 96.6 Å². The predicted molar refractivity (Wildman–Crippen MR) is 136 cm³/mol. The van der Waals surface area contributed by atoms with Gasteiger partial charge in [0.25, 0.3) is 5.91 Å². The molecule has 7 heteroatoms. The molecule has 0 radical (unpaired) electrons. The monoisotopic (exact) mass is 480 g/mol. The Morgan fingerprint density at radius 2 is 1.47 bits per heavy atom. The average Bonchev–Trinajstić information content (AvgIpc) is 3.43. The van der Waals surface area contributed by atoms with Crippen LogP contribution in [0.1, 0.15) is 11.6 Å². The molecular weight excluding hydrogens is 456 g/mol. The summed E-state index contributed by atoms with van der Waals surface area (Å²) in [6.45, 7) is 0. The number of hydroxylamine groups is 1. The highest BCUT2D eigenvalue weighted by atomic mass is 16.7. The Kier molecular flexibility index (Phi) is 5.34. The van der Waals surface area contributed by atoms with Crippen LogP contribution >= 0.6 is 0 Å². The number of methoxy groups -OCH3 is 2. The highest BCUT2D eigenvalue weighted by Gasteiger charge is 2.61. The van der Waals surface area contributed by atoms with Gasteiger partial charge in [-0.1, -0.05) is 66.7 Å². The Morgan fingerprint density at radius 1 is 0.750 bits per heavy atom. The number of benzene rings is 4. The van der Waals surface area contributed by atoms with Gasteiger partial charge in [0, 0.05) is 10.9 Å². The minimum absolute atomic E-state index is 0.311. The summed E-state index contributed by atoms with van der Waals surface area (Å²) in [5, 5.41) is 3.44. The minimum atomic E-state index is -0.974. The van der Waals surface area contributed by atoms with Gasteiger partial charge in [-0.2, -0.15) is 0 Å². The molecule has 0 saturated carbocycles. The number of anilines is 2. The molecule has 2 amide bonds. The van der Waals surface area contributed by atoms with Gasteiger partial charge in [0.1, 0.15) is 12.0 Å². The van der Waals surface area contributed by atoms with Crippen molar-refractivity contribution in [2.45, 2.75) is 12.1 Å². The number of hydrogen-bond donors (Lipinski definition) is 0. The van der Waals surface area contributed by atoms with Crippen molar-refractivity contribution >= 4 is 34.0 Å². The van der Waals surface area contributed by atoms with Crippen molar-refractivity contribution in [2.24, 2.45) is 5.92 Å². The van der Waals surface area contributed by atoms with E-state index < -0.39 is 18.1 Å². The van der Waals surface area contributed by atoms with Crippen LogP contribution in [-0.4, -0.2) is 32.1 Å². The fourth-order valence-corrected chi connectivity index (χ4v) is 5.31. The van der Waals surface area contributed by atoms with Gasteiger partial charge in [-0.3, -0.25) is 14.4 Å². The van der Waals surface area contributed by atoms with Gasteiger partial charge in [0.2, 0.25) is 5.91 Å². The molecule has 0 N–H and O–H groups in total. The Labute approximate surface area is 208 Å². The first kappa shape index (κ1) is 22.1. The number of para-hydroxylation sites is 2. The van der Waals surface area contributed by atoms with Gasteiger partial charge < -0.3 is 9.47 Å². The van der Waals surface area contributed by atoms with E-state index in [9.17, 15) is 9.59 Å². The number of nitrogens with zero attached hydrogens (tertiary/aromatic N) is 2. The van der Waals surface area contributed by atoms with E-state index in [4.69, 9.17) is 14.3 Å². The molecule has 4 aromatic carbocycles. The van der Waals surface area contributed by atoms with Crippen LogP contribution in [0.3, 0.4) is 0 Å². The first-order chi connectivity index (χ1) is 17.6. The van der Waals surface area contributed by atoms with Crippen molar-refractivity contribution in [1.29, 1.82) is 0 Å². The third-order valence-electron chi connectivity index (χ3n) is 6.89. The molecule has 2 aliphatic rings. The van der Waals surface area contributed by atoms with Crippen LogP contribution in [0.5, 0.6) is 11.5 Å². The quantitative estimate of drug-likeness (QED) is 0.378. The van der Waals surface area contributed by atoms with Gasteiger partial charge in [0.15, 0.2) is 17.6 Å². The molecular formula is C29H24N2O5. The number of fused-ring (bicyclic) bond motifs is 2. The summed E-state index contributed by atoms with van der Waals surface area (Å²) in [4.78, 5) is 35.4. The summed E-state index contributed by atoms with van der Waals surface area (Å²) in [7, 11) is 3.13. The fraction of sp³-hybridized carbons (Fsp3) is 0.172. The first-order valence-electron chi connectivity index (χ1n) is 11.7. The summed E-state index contributed by atoms with van der Waals surface area (Å²) in [5.41, 5.74) is 2.00. The number of rotatable bonds is 5. The van der Waals surface area contributed by atoms with Crippen molar-refractivity contribution < 1.29 is 23.9 Å².